The van der Waals surface area contributed by atoms with Crippen LogP contribution in [0.1, 0.15) is 48.7 Å². The number of anilines is 1. The van der Waals surface area contributed by atoms with Gasteiger partial charge in [0.15, 0.2) is 6.61 Å². The van der Waals surface area contributed by atoms with Gasteiger partial charge in [0.05, 0.1) is 22.3 Å². The molecule has 1 aromatic carbocycles. The summed E-state index contributed by atoms with van der Waals surface area (Å²) >= 11 is 1.12. The Morgan fingerprint density at radius 2 is 1.59 bits per heavy atom. The highest BCUT2D eigenvalue weighted by atomic mass is 32.1. The number of hydrogen-bond acceptors (Lipinski definition) is 5. The van der Waals surface area contributed by atoms with Crippen molar-refractivity contribution in [3.8, 4) is 0 Å². The van der Waals surface area contributed by atoms with Gasteiger partial charge in [-0.05, 0) is 43.0 Å². The lowest BCUT2D eigenvalue weighted by Crippen LogP contribution is -2.23. The zero-order valence-corrected chi connectivity index (χ0v) is 16.8. The number of aryl methyl sites for hydroxylation is 1. The van der Waals surface area contributed by atoms with Crippen LogP contribution >= 0.6 is 11.3 Å². The van der Waals surface area contributed by atoms with Gasteiger partial charge in [0.25, 0.3) is 11.8 Å². The lowest BCUT2D eigenvalue weighted by molar-refractivity contribution is -0.143. The highest BCUT2D eigenvalue weighted by Crippen LogP contribution is 2.39. The maximum absolute atomic E-state index is 12.9. The predicted molar refractivity (Wildman–Crippen MR) is 100 cm³/mol. The average Bonchev–Trinajstić information content (AvgIpc) is 3.24. The molecule has 13 heteroatoms. The number of fused-ring (bicyclic) bond motifs is 1. The van der Waals surface area contributed by atoms with Crippen LogP contribution in [0.15, 0.2) is 18.2 Å². The molecule has 0 fully saturated rings. The number of primary amides is 1. The van der Waals surface area contributed by atoms with Crippen LogP contribution in [-0.2, 0) is 34.7 Å². The molecule has 3 N–H and O–H groups in total. The number of rotatable bonds is 5. The normalized spacial score (nSPS) is 13.6. The van der Waals surface area contributed by atoms with Crippen molar-refractivity contribution in [3.63, 3.8) is 0 Å². The summed E-state index contributed by atoms with van der Waals surface area (Å²) < 4.78 is 82.0. The molecular formula is C19H14F6N2O4S. The van der Waals surface area contributed by atoms with Crippen molar-refractivity contribution in [1.29, 1.82) is 0 Å². The summed E-state index contributed by atoms with van der Waals surface area (Å²) in [5.41, 5.74) is 1.80. The number of benzene rings is 1. The van der Waals surface area contributed by atoms with Gasteiger partial charge < -0.3 is 15.8 Å². The summed E-state index contributed by atoms with van der Waals surface area (Å²) in [5, 5.41) is 2.48. The topological polar surface area (TPSA) is 98.5 Å². The summed E-state index contributed by atoms with van der Waals surface area (Å²) in [4.78, 5) is 36.7. The second-order valence-corrected chi connectivity index (χ2v) is 7.95. The molecule has 3 rings (SSSR count). The number of carbonyl (C=O) groups is 3. The monoisotopic (exact) mass is 480 g/mol. The zero-order chi connectivity index (χ0) is 23.8. The fourth-order valence-corrected chi connectivity index (χ4v) is 4.51. The third-order valence-electron chi connectivity index (χ3n) is 4.58. The summed E-state index contributed by atoms with van der Waals surface area (Å²) in [7, 11) is 0. The van der Waals surface area contributed by atoms with Crippen LogP contribution in [-0.4, -0.2) is 24.4 Å². The van der Waals surface area contributed by atoms with Gasteiger partial charge >= 0.3 is 18.3 Å². The molecule has 172 valence electrons. The van der Waals surface area contributed by atoms with Crippen LogP contribution in [0.25, 0.3) is 0 Å². The first-order valence-corrected chi connectivity index (χ1v) is 9.80. The number of hydrogen-bond donors (Lipinski definition) is 2. The van der Waals surface area contributed by atoms with E-state index in [1.54, 1.807) is 0 Å². The van der Waals surface area contributed by atoms with Crippen molar-refractivity contribution in [1.82, 2.24) is 0 Å². The van der Waals surface area contributed by atoms with Crippen molar-refractivity contribution >= 4 is 34.1 Å². The third-order valence-corrected chi connectivity index (χ3v) is 5.79. The lowest BCUT2D eigenvalue weighted by atomic mass is 10.0. The molecule has 2 amide bonds. The van der Waals surface area contributed by atoms with Crippen LogP contribution in [0.2, 0.25) is 0 Å². The first-order chi connectivity index (χ1) is 14.8. The van der Waals surface area contributed by atoms with Crippen molar-refractivity contribution in [2.75, 3.05) is 11.9 Å². The Hall–Kier alpha value is -3.09. The highest BCUT2D eigenvalue weighted by molar-refractivity contribution is 7.17. The SMILES string of the molecule is NC(=O)c1c(NC(=O)COC(=O)c2cc(C(F)(F)F)cc(C(F)(F)F)c2)sc2c1CCC2. The van der Waals surface area contributed by atoms with Gasteiger partial charge in [0.2, 0.25) is 0 Å². The number of nitrogens with one attached hydrogen (secondary N) is 1. The maximum Gasteiger partial charge on any atom is 0.416 e. The molecule has 0 radical (unpaired) electrons. The molecule has 1 aliphatic rings. The number of halogens is 6. The molecule has 0 saturated carbocycles. The standard InChI is InChI=1S/C19H14F6N2O4S/c20-18(21,22)9-4-8(5-10(6-9)19(23,24)25)17(30)31-7-13(28)27-16-14(15(26)29)11-2-1-3-12(11)32-16/h4-6H,1-3,7H2,(H2,26,29)(H,27,28). The van der Waals surface area contributed by atoms with Crippen LogP contribution in [0.5, 0.6) is 0 Å². The van der Waals surface area contributed by atoms with Gasteiger partial charge in [-0.3, -0.25) is 9.59 Å². The number of alkyl halides is 6. The summed E-state index contributed by atoms with van der Waals surface area (Å²) in [6.07, 6.45) is -8.16. The molecule has 0 unspecified atom stereocenters. The second-order valence-electron chi connectivity index (χ2n) is 6.84. The van der Waals surface area contributed by atoms with E-state index in [4.69, 9.17) is 5.73 Å². The van der Waals surface area contributed by atoms with Crippen LogP contribution in [0, 0.1) is 0 Å². The van der Waals surface area contributed by atoms with Crippen LogP contribution in [0.4, 0.5) is 31.3 Å². The number of amides is 2. The van der Waals surface area contributed by atoms with E-state index in [0.717, 1.165) is 28.2 Å². The smallest absolute Gasteiger partial charge is 0.416 e. The number of esters is 1. The Morgan fingerprint density at radius 1 is 1.00 bits per heavy atom. The van der Waals surface area contributed by atoms with Gasteiger partial charge in [-0.2, -0.15) is 26.3 Å². The van der Waals surface area contributed by atoms with E-state index in [9.17, 15) is 40.7 Å². The molecule has 0 aliphatic heterocycles. The number of thiophene rings is 1. The lowest BCUT2D eigenvalue weighted by Gasteiger charge is -2.14. The first-order valence-electron chi connectivity index (χ1n) is 8.98. The maximum atomic E-state index is 12.9. The number of nitrogens with two attached hydrogens (primary N) is 1. The second kappa shape index (κ2) is 8.45. The number of carbonyl (C=O) groups excluding carboxylic acids is 3. The highest BCUT2D eigenvalue weighted by Gasteiger charge is 2.37. The van der Waals surface area contributed by atoms with Gasteiger partial charge in [0.1, 0.15) is 5.00 Å². The Morgan fingerprint density at radius 3 is 2.12 bits per heavy atom. The minimum absolute atomic E-state index is 0.134. The molecule has 1 aromatic heterocycles. The molecule has 1 heterocycles. The van der Waals surface area contributed by atoms with E-state index in [1.165, 1.54) is 0 Å². The molecule has 0 saturated heterocycles. The molecule has 1 aliphatic carbocycles. The molecule has 0 bridgehead atoms. The first kappa shape index (κ1) is 23.6. The Bertz CT molecular complexity index is 1060. The fraction of sp³-hybridized carbons (Fsp3) is 0.316. The third kappa shape index (κ3) is 5.03. The molecule has 2 aromatic rings. The molecule has 32 heavy (non-hydrogen) atoms. The molecule has 6 nitrogen and oxygen atoms in total. The molecule has 0 spiro atoms. The predicted octanol–water partition coefficient (Wildman–Crippen LogP) is 4.17. The van der Waals surface area contributed by atoms with Gasteiger partial charge in [-0.15, -0.1) is 11.3 Å². The van der Waals surface area contributed by atoms with Crippen LogP contribution < -0.4 is 11.1 Å². The average molecular weight is 480 g/mol. The van der Waals surface area contributed by atoms with Crippen LogP contribution in [0.3, 0.4) is 0 Å². The quantitative estimate of drug-likeness (QED) is 0.496. The van der Waals surface area contributed by atoms with Gasteiger partial charge in [-0.1, -0.05) is 0 Å². The van der Waals surface area contributed by atoms with E-state index in [2.05, 4.69) is 10.1 Å². The minimum Gasteiger partial charge on any atom is -0.452 e. The minimum atomic E-state index is -5.14. The number of ether oxygens (including phenoxy) is 1. The van der Waals surface area contributed by atoms with E-state index in [0.29, 0.717) is 12.8 Å². The summed E-state index contributed by atoms with van der Waals surface area (Å²) in [5.74, 6) is -3.26. The Labute approximate surface area is 180 Å². The van der Waals surface area contributed by atoms with E-state index in [-0.39, 0.29) is 28.8 Å². The molecular weight excluding hydrogens is 466 g/mol. The van der Waals surface area contributed by atoms with E-state index >= 15 is 0 Å². The van der Waals surface area contributed by atoms with Crippen molar-refractivity contribution < 1.29 is 45.5 Å². The van der Waals surface area contributed by atoms with Gasteiger partial charge in [-0.25, -0.2) is 4.79 Å². The summed E-state index contributed by atoms with van der Waals surface area (Å²) in [6, 6.07) is 0.264. The van der Waals surface area contributed by atoms with Crippen molar-refractivity contribution in [2.24, 2.45) is 5.73 Å². The Kier molecular flexibility index (Phi) is 6.22. The van der Waals surface area contributed by atoms with E-state index in [1.807, 2.05) is 0 Å². The van der Waals surface area contributed by atoms with Crippen molar-refractivity contribution in [2.45, 2.75) is 31.6 Å². The Balaban J connectivity index is 1.74. The largest absolute Gasteiger partial charge is 0.452 e. The van der Waals surface area contributed by atoms with E-state index < -0.39 is 53.4 Å². The fourth-order valence-electron chi connectivity index (χ4n) is 3.20. The van der Waals surface area contributed by atoms with Gasteiger partial charge in [0, 0.05) is 4.88 Å². The summed E-state index contributed by atoms with van der Waals surface area (Å²) in [6.45, 7) is -1.00. The molecule has 0 atom stereocenters. The van der Waals surface area contributed by atoms with Crippen molar-refractivity contribution in [3.05, 3.63) is 50.9 Å². The zero-order valence-electron chi connectivity index (χ0n) is 15.9.